The number of amides is 1. The first-order valence-electron chi connectivity index (χ1n) is 9.74. The highest BCUT2D eigenvalue weighted by Gasteiger charge is 2.20. The molecule has 0 atom stereocenters. The van der Waals surface area contributed by atoms with Crippen LogP contribution in [0.1, 0.15) is 33.1 Å². The zero-order valence-corrected chi connectivity index (χ0v) is 19.0. The van der Waals surface area contributed by atoms with E-state index in [9.17, 15) is 4.79 Å². The summed E-state index contributed by atoms with van der Waals surface area (Å²) in [6.07, 6.45) is 0. The Hall–Kier alpha value is -3.12. The van der Waals surface area contributed by atoms with E-state index < -0.39 is 0 Å². The molecule has 0 aliphatic carbocycles. The van der Waals surface area contributed by atoms with Gasteiger partial charge in [0.05, 0.1) is 28.3 Å². The van der Waals surface area contributed by atoms with Crippen LogP contribution in [-0.2, 0) is 0 Å². The minimum absolute atomic E-state index is 0.134. The van der Waals surface area contributed by atoms with Gasteiger partial charge in [-0.1, -0.05) is 34.1 Å². The number of nitrogens with one attached hydrogen (secondary N) is 1. The molecule has 30 heavy (non-hydrogen) atoms. The normalized spacial score (nSPS) is 11.0. The maximum Gasteiger partial charge on any atom is 0.257 e. The highest BCUT2D eigenvalue weighted by molar-refractivity contribution is 9.10. The van der Waals surface area contributed by atoms with Gasteiger partial charge < -0.3 is 9.88 Å². The molecule has 0 spiro atoms. The van der Waals surface area contributed by atoms with E-state index in [1.165, 1.54) is 0 Å². The second-order valence-corrected chi connectivity index (χ2v) is 8.26. The molecular weight excluding hydrogens is 440 g/mol. The summed E-state index contributed by atoms with van der Waals surface area (Å²) in [5, 5.41) is 7.70. The number of nitrogens with zero attached hydrogens (tertiary/aromatic N) is 3. The summed E-state index contributed by atoms with van der Waals surface area (Å²) in [4.78, 5) is 13.2. The van der Waals surface area contributed by atoms with Crippen LogP contribution in [0.3, 0.4) is 0 Å². The maximum atomic E-state index is 13.2. The van der Waals surface area contributed by atoms with Crippen molar-refractivity contribution < 1.29 is 4.79 Å². The molecule has 0 aliphatic rings. The van der Waals surface area contributed by atoms with E-state index in [1.807, 2.05) is 93.0 Å². The fraction of sp³-hybridized carbons (Fsp3) is 0.167. The van der Waals surface area contributed by atoms with Crippen molar-refractivity contribution >= 4 is 27.5 Å². The Morgan fingerprint density at radius 3 is 2.23 bits per heavy atom. The molecule has 2 aromatic heterocycles. The monoisotopic (exact) mass is 462 g/mol. The van der Waals surface area contributed by atoms with E-state index >= 15 is 0 Å². The summed E-state index contributed by atoms with van der Waals surface area (Å²) in [6, 6.07) is 19.9. The van der Waals surface area contributed by atoms with E-state index in [0.717, 1.165) is 44.3 Å². The third-order valence-corrected chi connectivity index (χ3v) is 5.82. The summed E-state index contributed by atoms with van der Waals surface area (Å²) < 4.78 is 4.97. The number of anilines is 1. The SMILES string of the molecule is Cc1nn(-c2ccccc2)c(C)c1NC(=O)c1cc(C)n(-c2ccc(Br)cc2)c1C. The zero-order valence-electron chi connectivity index (χ0n) is 17.4. The predicted molar refractivity (Wildman–Crippen MR) is 124 cm³/mol. The van der Waals surface area contributed by atoms with Gasteiger partial charge >= 0.3 is 0 Å². The quantitative estimate of drug-likeness (QED) is 0.409. The lowest BCUT2D eigenvalue weighted by molar-refractivity contribution is 0.102. The number of hydrogen-bond donors (Lipinski definition) is 1. The molecule has 6 heteroatoms. The van der Waals surface area contributed by atoms with Crippen LogP contribution in [0.2, 0.25) is 0 Å². The predicted octanol–water partition coefficient (Wildman–Crippen LogP) is 5.91. The topological polar surface area (TPSA) is 51.9 Å². The van der Waals surface area contributed by atoms with Crippen molar-refractivity contribution in [2.24, 2.45) is 0 Å². The Morgan fingerprint density at radius 2 is 1.57 bits per heavy atom. The third-order valence-electron chi connectivity index (χ3n) is 5.29. The molecule has 0 saturated heterocycles. The summed E-state index contributed by atoms with van der Waals surface area (Å²) in [6.45, 7) is 7.85. The first kappa shape index (κ1) is 20.2. The van der Waals surface area contributed by atoms with Crippen molar-refractivity contribution in [2.75, 3.05) is 5.32 Å². The zero-order chi connectivity index (χ0) is 21.4. The third kappa shape index (κ3) is 3.59. The largest absolute Gasteiger partial charge is 0.319 e. The van der Waals surface area contributed by atoms with Gasteiger partial charge in [0.15, 0.2) is 0 Å². The van der Waals surface area contributed by atoms with Gasteiger partial charge in [-0.3, -0.25) is 4.79 Å². The van der Waals surface area contributed by atoms with Gasteiger partial charge in [0.1, 0.15) is 0 Å². The molecule has 0 unspecified atom stereocenters. The van der Waals surface area contributed by atoms with Crippen LogP contribution in [0.15, 0.2) is 65.1 Å². The molecule has 0 bridgehead atoms. The summed E-state index contributed by atoms with van der Waals surface area (Å²) in [7, 11) is 0. The van der Waals surface area contributed by atoms with Gasteiger partial charge in [-0.2, -0.15) is 5.10 Å². The Morgan fingerprint density at radius 1 is 0.900 bits per heavy atom. The van der Waals surface area contributed by atoms with Crippen LogP contribution in [0.5, 0.6) is 0 Å². The molecule has 2 heterocycles. The molecule has 1 amide bonds. The lowest BCUT2D eigenvalue weighted by atomic mass is 10.2. The number of benzene rings is 2. The average molecular weight is 463 g/mol. The van der Waals surface area contributed by atoms with Crippen LogP contribution in [0.25, 0.3) is 11.4 Å². The van der Waals surface area contributed by atoms with Crippen molar-refractivity contribution in [3.63, 3.8) is 0 Å². The number of para-hydroxylation sites is 1. The number of aromatic nitrogens is 3. The standard InChI is InChI=1S/C24H23BrN4O/c1-15-14-22(17(3)28(15)20-12-10-19(25)11-13-20)24(30)26-23-16(2)27-29(18(23)4)21-8-6-5-7-9-21/h5-14H,1-4H3,(H,26,30). The van der Waals surface area contributed by atoms with E-state index in [0.29, 0.717) is 5.56 Å². The summed E-state index contributed by atoms with van der Waals surface area (Å²) in [5.74, 6) is -0.134. The second-order valence-electron chi connectivity index (χ2n) is 7.34. The minimum atomic E-state index is -0.134. The van der Waals surface area contributed by atoms with E-state index in [-0.39, 0.29) is 5.91 Å². The van der Waals surface area contributed by atoms with E-state index in [2.05, 4.69) is 30.9 Å². The average Bonchev–Trinajstić information content (AvgIpc) is 3.19. The second kappa shape index (κ2) is 7.95. The van der Waals surface area contributed by atoms with Crippen LogP contribution >= 0.6 is 15.9 Å². The van der Waals surface area contributed by atoms with Gasteiger partial charge in [-0.05, 0) is 70.2 Å². The molecule has 152 valence electrons. The number of carbonyl (C=O) groups excluding carboxylic acids is 1. The van der Waals surface area contributed by atoms with E-state index in [4.69, 9.17) is 0 Å². The van der Waals surface area contributed by atoms with Gasteiger partial charge in [0.25, 0.3) is 5.91 Å². The van der Waals surface area contributed by atoms with Crippen molar-refractivity contribution in [1.82, 2.24) is 14.3 Å². The fourth-order valence-electron chi connectivity index (χ4n) is 3.81. The Labute approximate surface area is 184 Å². The van der Waals surface area contributed by atoms with Crippen LogP contribution < -0.4 is 5.32 Å². The maximum absolute atomic E-state index is 13.2. The molecule has 0 radical (unpaired) electrons. The number of halogens is 1. The molecule has 0 saturated carbocycles. The van der Waals surface area contributed by atoms with Gasteiger partial charge in [0, 0.05) is 21.5 Å². The summed E-state index contributed by atoms with van der Waals surface area (Å²) >= 11 is 3.47. The Kier molecular flexibility index (Phi) is 5.35. The minimum Gasteiger partial charge on any atom is -0.319 e. The molecule has 0 aliphatic heterocycles. The Balaban J connectivity index is 1.67. The number of hydrogen-bond acceptors (Lipinski definition) is 2. The molecule has 4 rings (SSSR count). The summed E-state index contributed by atoms with van der Waals surface area (Å²) in [5.41, 5.74) is 6.98. The van der Waals surface area contributed by atoms with Gasteiger partial charge in [-0.15, -0.1) is 0 Å². The molecular formula is C24H23BrN4O. The van der Waals surface area contributed by atoms with Crippen LogP contribution in [0, 0.1) is 27.7 Å². The van der Waals surface area contributed by atoms with E-state index in [1.54, 1.807) is 0 Å². The van der Waals surface area contributed by atoms with Gasteiger partial charge in [0.2, 0.25) is 0 Å². The molecule has 1 N–H and O–H groups in total. The molecule has 4 aromatic rings. The highest BCUT2D eigenvalue weighted by Crippen LogP contribution is 2.26. The first-order chi connectivity index (χ1) is 14.4. The van der Waals surface area contributed by atoms with Crippen molar-refractivity contribution in [3.05, 3.63) is 93.5 Å². The van der Waals surface area contributed by atoms with Crippen molar-refractivity contribution in [1.29, 1.82) is 0 Å². The molecule has 2 aromatic carbocycles. The molecule has 5 nitrogen and oxygen atoms in total. The van der Waals surface area contributed by atoms with Crippen LogP contribution in [-0.4, -0.2) is 20.3 Å². The number of rotatable bonds is 4. The first-order valence-corrected chi connectivity index (χ1v) is 10.5. The molecule has 0 fully saturated rings. The van der Waals surface area contributed by atoms with Gasteiger partial charge in [-0.25, -0.2) is 4.68 Å². The van der Waals surface area contributed by atoms with Crippen LogP contribution in [0.4, 0.5) is 5.69 Å². The van der Waals surface area contributed by atoms with Crippen molar-refractivity contribution in [3.8, 4) is 11.4 Å². The fourth-order valence-corrected chi connectivity index (χ4v) is 4.07. The smallest absolute Gasteiger partial charge is 0.257 e. The highest BCUT2D eigenvalue weighted by atomic mass is 79.9. The Bertz CT molecular complexity index is 1220. The number of carbonyl (C=O) groups is 1. The van der Waals surface area contributed by atoms with Crippen molar-refractivity contribution in [2.45, 2.75) is 27.7 Å². The number of aryl methyl sites for hydroxylation is 2. The lowest BCUT2D eigenvalue weighted by Crippen LogP contribution is -2.14. The lowest BCUT2D eigenvalue weighted by Gasteiger charge is -2.10.